The summed E-state index contributed by atoms with van der Waals surface area (Å²) in [6.45, 7) is 2.43. The van der Waals surface area contributed by atoms with Crippen LogP contribution in [-0.4, -0.2) is 21.6 Å². The van der Waals surface area contributed by atoms with Gasteiger partial charge in [0.05, 0.1) is 12.1 Å². The first-order valence-corrected chi connectivity index (χ1v) is 9.93. The Balaban J connectivity index is 1.56. The number of nitrogens with one attached hydrogen (secondary N) is 2. The molecular weight excluding hydrogens is 388 g/mol. The Hall–Kier alpha value is -3.12. The number of anilines is 1. The van der Waals surface area contributed by atoms with Gasteiger partial charge in [-0.05, 0) is 29.7 Å². The molecule has 2 aromatic carbocycles. The van der Waals surface area contributed by atoms with Crippen LogP contribution in [0.2, 0.25) is 5.02 Å². The molecule has 0 spiro atoms. The van der Waals surface area contributed by atoms with E-state index in [0.717, 1.165) is 22.4 Å². The largest absolute Gasteiger partial charge is 0.352 e. The highest BCUT2D eigenvalue weighted by atomic mass is 35.5. The Morgan fingerprint density at radius 3 is 2.72 bits per heavy atom. The monoisotopic (exact) mass is 408 g/mol. The standard InChI is InChI=1S/C22H21ClN4O2/c1-2-17-20(15-9-6-10-16(23)11-15)21-25-22(29)18(27(21)26-17)12-19(28)24-13-14-7-4-3-5-8-14/h3-11,18H,2,12-13H2,1H3,(H,24,28)(H,25,29). The van der Waals surface area contributed by atoms with E-state index in [-0.39, 0.29) is 18.2 Å². The zero-order valence-electron chi connectivity index (χ0n) is 16.0. The van der Waals surface area contributed by atoms with Gasteiger partial charge in [-0.15, -0.1) is 0 Å². The van der Waals surface area contributed by atoms with E-state index in [1.54, 1.807) is 10.7 Å². The summed E-state index contributed by atoms with van der Waals surface area (Å²) in [5, 5.41) is 11.0. The highest BCUT2D eigenvalue weighted by Gasteiger charge is 2.36. The number of amides is 2. The van der Waals surface area contributed by atoms with Crippen molar-refractivity contribution in [1.29, 1.82) is 0 Å². The molecule has 2 amide bonds. The molecule has 2 heterocycles. The Morgan fingerprint density at radius 1 is 1.21 bits per heavy atom. The minimum atomic E-state index is -0.668. The quantitative estimate of drug-likeness (QED) is 0.648. The second kappa shape index (κ2) is 8.09. The summed E-state index contributed by atoms with van der Waals surface area (Å²) in [5.41, 5.74) is 3.62. The summed E-state index contributed by atoms with van der Waals surface area (Å²) >= 11 is 6.15. The SMILES string of the molecule is CCc1nn2c(c1-c1cccc(Cl)c1)NC(=O)C2CC(=O)NCc1ccccc1. The molecule has 1 aliphatic rings. The number of rotatable bonds is 6. The molecule has 7 heteroatoms. The van der Waals surface area contributed by atoms with Crippen LogP contribution in [0.25, 0.3) is 11.1 Å². The van der Waals surface area contributed by atoms with Crippen LogP contribution in [0, 0.1) is 0 Å². The lowest BCUT2D eigenvalue weighted by Gasteiger charge is -2.10. The number of aryl methyl sites for hydroxylation is 1. The molecule has 148 valence electrons. The normalized spacial score (nSPS) is 15.1. The van der Waals surface area contributed by atoms with E-state index in [0.29, 0.717) is 23.8 Å². The first-order chi connectivity index (χ1) is 14.1. The summed E-state index contributed by atoms with van der Waals surface area (Å²) in [5.74, 6) is 0.197. The highest BCUT2D eigenvalue weighted by Crippen LogP contribution is 2.39. The van der Waals surface area contributed by atoms with Crippen molar-refractivity contribution in [1.82, 2.24) is 15.1 Å². The van der Waals surface area contributed by atoms with Crippen LogP contribution in [0.15, 0.2) is 54.6 Å². The predicted octanol–water partition coefficient (Wildman–Crippen LogP) is 3.97. The van der Waals surface area contributed by atoms with E-state index in [4.69, 9.17) is 11.6 Å². The van der Waals surface area contributed by atoms with E-state index in [1.165, 1.54) is 0 Å². The highest BCUT2D eigenvalue weighted by molar-refractivity contribution is 6.30. The number of carbonyl (C=O) groups excluding carboxylic acids is 2. The topological polar surface area (TPSA) is 76.0 Å². The molecule has 0 fully saturated rings. The molecule has 1 aromatic heterocycles. The number of hydrogen-bond donors (Lipinski definition) is 2. The molecule has 0 radical (unpaired) electrons. The minimum absolute atomic E-state index is 0.0332. The zero-order chi connectivity index (χ0) is 20.4. The summed E-state index contributed by atoms with van der Waals surface area (Å²) in [7, 11) is 0. The number of fused-ring (bicyclic) bond motifs is 1. The van der Waals surface area contributed by atoms with Gasteiger partial charge < -0.3 is 10.6 Å². The molecule has 1 unspecified atom stereocenters. The van der Waals surface area contributed by atoms with Crippen LogP contribution in [0.4, 0.5) is 5.82 Å². The molecule has 6 nitrogen and oxygen atoms in total. The van der Waals surface area contributed by atoms with Gasteiger partial charge in [-0.25, -0.2) is 4.68 Å². The molecule has 0 saturated heterocycles. The van der Waals surface area contributed by atoms with Crippen molar-refractivity contribution in [3.8, 4) is 11.1 Å². The molecule has 0 aliphatic carbocycles. The van der Waals surface area contributed by atoms with Crippen molar-refractivity contribution >= 4 is 29.2 Å². The van der Waals surface area contributed by atoms with Gasteiger partial charge in [0.1, 0.15) is 11.9 Å². The van der Waals surface area contributed by atoms with Gasteiger partial charge in [0.15, 0.2) is 0 Å². The van der Waals surface area contributed by atoms with Crippen LogP contribution in [-0.2, 0) is 22.6 Å². The molecular formula is C22H21ClN4O2. The van der Waals surface area contributed by atoms with Gasteiger partial charge in [-0.2, -0.15) is 5.10 Å². The molecule has 3 aromatic rings. The second-order valence-electron chi connectivity index (χ2n) is 6.95. The lowest BCUT2D eigenvalue weighted by Crippen LogP contribution is -2.28. The maximum Gasteiger partial charge on any atom is 0.251 e. The van der Waals surface area contributed by atoms with Crippen molar-refractivity contribution < 1.29 is 9.59 Å². The number of benzene rings is 2. The van der Waals surface area contributed by atoms with Crippen molar-refractivity contribution in [3.63, 3.8) is 0 Å². The van der Waals surface area contributed by atoms with Crippen LogP contribution >= 0.6 is 11.6 Å². The third kappa shape index (κ3) is 3.89. The van der Waals surface area contributed by atoms with Gasteiger partial charge in [0.2, 0.25) is 5.91 Å². The van der Waals surface area contributed by atoms with Crippen molar-refractivity contribution in [2.75, 3.05) is 5.32 Å². The van der Waals surface area contributed by atoms with Crippen LogP contribution < -0.4 is 10.6 Å². The van der Waals surface area contributed by atoms with Crippen molar-refractivity contribution in [2.24, 2.45) is 0 Å². The second-order valence-corrected chi connectivity index (χ2v) is 7.39. The van der Waals surface area contributed by atoms with E-state index in [9.17, 15) is 9.59 Å². The summed E-state index contributed by atoms with van der Waals surface area (Å²) in [6.07, 6.45) is 0.732. The van der Waals surface area contributed by atoms with E-state index >= 15 is 0 Å². The summed E-state index contributed by atoms with van der Waals surface area (Å²) < 4.78 is 1.64. The first kappa shape index (κ1) is 19.2. The molecule has 1 aliphatic heterocycles. The summed E-state index contributed by atoms with van der Waals surface area (Å²) in [6, 6.07) is 16.5. The Labute approximate surface area is 173 Å². The average molecular weight is 409 g/mol. The van der Waals surface area contributed by atoms with E-state index in [2.05, 4.69) is 15.7 Å². The number of aromatic nitrogens is 2. The fourth-order valence-electron chi connectivity index (χ4n) is 3.56. The van der Waals surface area contributed by atoms with Crippen molar-refractivity contribution in [3.05, 3.63) is 70.9 Å². The van der Waals surface area contributed by atoms with E-state index < -0.39 is 6.04 Å². The fraction of sp³-hybridized carbons (Fsp3) is 0.227. The maximum absolute atomic E-state index is 12.6. The molecule has 2 N–H and O–H groups in total. The zero-order valence-corrected chi connectivity index (χ0v) is 16.7. The fourth-order valence-corrected chi connectivity index (χ4v) is 3.75. The van der Waals surface area contributed by atoms with Crippen molar-refractivity contribution in [2.45, 2.75) is 32.4 Å². The van der Waals surface area contributed by atoms with Gasteiger partial charge in [-0.1, -0.05) is 61.0 Å². The third-order valence-corrected chi connectivity index (χ3v) is 5.22. The van der Waals surface area contributed by atoms with Gasteiger partial charge in [0, 0.05) is 17.1 Å². The minimum Gasteiger partial charge on any atom is -0.352 e. The lowest BCUT2D eigenvalue weighted by molar-refractivity contribution is -0.126. The Morgan fingerprint density at radius 2 is 2.00 bits per heavy atom. The predicted molar refractivity (Wildman–Crippen MR) is 113 cm³/mol. The Kier molecular flexibility index (Phi) is 5.36. The molecule has 4 rings (SSSR count). The molecule has 1 atom stereocenters. The maximum atomic E-state index is 12.6. The number of nitrogens with zero attached hydrogens (tertiary/aromatic N) is 2. The first-order valence-electron chi connectivity index (χ1n) is 9.55. The van der Waals surface area contributed by atoms with Gasteiger partial charge in [0.25, 0.3) is 5.91 Å². The average Bonchev–Trinajstić information content (AvgIpc) is 3.22. The summed E-state index contributed by atoms with van der Waals surface area (Å²) in [4.78, 5) is 25.0. The Bertz CT molecular complexity index is 1060. The molecule has 29 heavy (non-hydrogen) atoms. The van der Waals surface area contributed by atoms with Crippen LogP contribution in [0.5, 0.6) is 0 Å². The third-order valence-electron chi connectivity index (χ3n) is 4.98. The van der Waals surface area contributed by atoms with Gasteiger partial charge >= 0.3 is 0 Å². The van der Waals surface area contributed by atoms with E-state index in [1.807, 2.05) is 55.5 Å². The van der Waals surface area contributed by atoms with Crippen LogP contribution in [0.3, 0.4) is 0 Å². The molecule has 0 saturated carbocycles. The molecule has 0 bridgehead atoms. The lowest BCUT2D eigenvalue weighted by atomic mass is 10.0. The van der Waals surface area contributed by atoms with Crippen LogP contribution in [0.1, 0.15) is 30.6 Å². The number of hydrogen-bond acceptors (Lipinski definition) is 3. The smallest absolute Gasteiger partial charge is 0.251 e. The van der Waals surface area contributed by atoms with Gasteiger partial charge in [-0.3, -0.25) is 9.59 Å². The number of carbonyl (C=O) groups is 2. The number of halogens is 1.